The minimum Gasteiger partial charge on any atom is -0.832 e. The zero-order chi connectivity index (χ0) is 19.0. The van der Waals surface area contributed by atoms with Gasteiger partial charge in [-0.05, 0) is 0 Å². The van der Waals surface area contributed by atoms with Gasteiger partial charge in [-0.25, -0.2) is 28.8 Å². The van der Waals surface area contributed by atoms with Crippen LogP contribution in [-0.4, -0.2) is 68.7 Å². The maximum atomic E-state index is 10.6. The van der Waals surface area contributed by atoms with Crippen molar-refractivity contribution in [2.75, 3.05) is 0 Å². The standard InChI is InChI=1S/3C2HFO3.BH2O3.Li/c3*3-1(4)2(5)6;2-1(3)4;/h3*(H,5,6);2-3H;/q;;;-1;+1. The molecule has 0 spiro atoms. The fraction of sp³-hybridized carbons (Fsp3) is 0. The van der Waals surface area contributed by atoms with E-state index in [1.165, 1.54) is 0 Å². The molecule has 0 fully saturated rings. The molecule has 5 N–H and O–H groups in total. The summed E-state index contributed by atoms with van der Waals surface area (Å²) < 4.78 is 31.8. The van der Waals surface area contributed by atoms with Gasteiger partial charge in [0.15, 0.2) is 0 Å². The third-order valence-corrected chi connectivity index (χ3v) is 0.504. The van der Waals surface area contributed by atoms with Gasteiger partial charge in [-0.15, -0.1) is 0 Å². The zero-order valence-corrected chi connectivity index (χ0v) is 10.8. The molecule has 23 heavy (non-hydrogen) atoms. The summed E-state index contributed by atoms with van der Waals surface area (Å²) in [4.78, 5) is 53.6. The molecule has 0 saturated heterocycles. The Labute approximate surface area is 135 Å². The van der Waals surface area contributed by atoms with Crippen molar-refractivity contribution < 1.29 is 91.2 Å². The molecule has 0 unspecified atom stereocenters. The van der Waals surface area contributed by atoms with Crippen LogP contribution in [0.3, 0.4) is 0 Å². The third kappa shape index (κ3) is 65.5. The van der Waals surface area contributed by atoms with Gasteiger partial charge in [-0.3, -0.25) is 0 Å². The number of halogens is 3. The number of carboxylic acids is 3. The van der Waals surface area contributed by atoms with Crippen LogP contribution in [0.25, 0.3) is 0 Å². The summed E-state index contributed by atoms with van der Waals surface area (Å²) in [5, 5.41) is 44.5. The Morgan fingerprint density at radius 1 is 0.652 bits per heavy atom. The number of carbonyl (C=O) groups is 6. The Balaban J connectivity index is -0.0000000624. The fourth-order valence-electron chi connectivity index (χ4n) is 0. The van der Waals surface area contributed by atoms with E-state index in [0.717, 1.165) is 0 Å². The maximum Gasteiger partial charge on any atom is 1.00 e. The first-order valence-corrected chi connectivity index (χ1v) is 3.96. The summed E-state index contributed by atoms with van der Waals surface area (Å²) in [5.41, 5.74) is 0. The van der Waals surface area contributed by atoms with E-state index in [1.54, 1.807) is 0 Å². The maximum absolute atomic E-state index is 10.6. The van der Waals surface area contributed by atoms with Crippen molar-refractivity contribution in [1.82, 2.24) is 0 Å². The number of hydrogen-bond acceptors (Lipinski definition) is 9. The molecule has 0 aliphatic carbocycles. The van der Waals surface area contributed by atoms with Crippen molar-refractivity contribution in [3.8, 4) is 0 Å². The van der Waals surface area contributed by atoms with Crippen LogP contribution in [0, 0.1) is 0 Å². The van der Waals surface area contributed by atoms with E-state index in [0.29, 0.717) is 0 Å². The molecule has 0 aromatic rings. The number of carbonyl (C=O) groups excluding carboxylic acids is 3. The van der Waals surface area contributed by atoms with Crippen molar-refractivity contribution in [3.05, 3.63) is 0 Å². The van der Waals surface area contributed by atoms with E-state index < -0.39 is 43.3 Å². The molecular formula is C6H5BF3LiO12. The van der Waals surface area contributed by atoms with Gasteiger partial charge in [0.25, 0.3) is 0 Å². The Morgan fingerprint density at radius 2 is 0.696 bits per heavy atom. The molecule has 0 amide bonds. The Kier molecular flexibility index (Phi) is 28.0. The van der Waals surface area contributed by atoms with Crippen LogP contribution in [0.15, 0.2) is 0 Å². The van der Waals surface area contributed by atoms with E-state index in [9.17, 15) is 13.2 Å². The normalized spacial score (nSPS) is 7.04. The number of rotatable bonds is 3. The molecule has 0 radical (unpaired) electrons. The number of carboxylic acid groups (broad SMARTS) is 3. The largest absolute Gasteiger partial charge is 1.00 e. The van der Waals surface area contributed by atoms with Gasteiger partial charge in [0, 0.05) is 0 Å². The second kappa shape index (κ2) is 19.8. The molecule has 0 aliphatic rings. The molecule has 17 heteroatoms. The summed E-state index contributed by atoms with van der Waals surface area (Å²) in [6.07, 6.45) is 0. The van der Waals surface area contributed by atoms with E-state index in [4.69, 9.17) is 59.2 Å². The Bertz CT molecular complexity index is 331. The van der Waals surface area contributed by atoms with Gasteiger partial charge < -0.3 is 30.4 Å². The first-order chi connectivity index (χ1) is 9.66. The van der Waals surface area contributed by atoms with Crippen molar-refractivity contribution in [3.63, 3.8) is 0 Å². The van der Waals surface area contributed by atoms with Crippen molar-refractivity contribution in [1.29, 1.82) is 0 Å². The minimum absolute atomic E-state index is 0. The molecule has 0 aromatic carbocycles. The second-order valence-electron chi connectivity index (χ2n) is 2.06. The Morgan fingerprint density at radius 3 is 0.696 bits per heavy atom. The molecule has 12 nitrogen and oxygen atoms in total. The van der Waals surface area contributed by atoms with E-state index >= 15 is 0 Å². The fourth-order valence-corrected chi connectivity index (χ4v) is 0. The molecule has 0 atom stereocenters. The van der Waals surface area contributed by atoms with E-state index in [-0.39, 0.29) is 18.9 Å². The van der Waals surface area contributed by atoms with Gasteiger partial charge in [0.05, 0.1) is 0 Å². The van der Waals surface area contributed by atoms with Crippen molar-refractivity contribution >= 4 is 43.3 Å². The predicted molar refractivity (Wildman–Crippen MR) is 51.4 cm³/mol. The van der Waals surface area contributed by atoms with Gasteiger partial charge in [0.1, 0.15) is 0 Å². The van der Waals surface area contributed by atoms with Crippen LogP contribution in [0.5, 0.6) is 0 Å². The molecule has 0 rings (SSSR count). The van der Waals surface area contributed by atoms with Crippen LogP contribution < -0.4 is 23.9 Å². The quantitative estimate of drug-likeness (QED) is 0.183. The summed E-state index contributed by atoms with van der Waals surface area (Å²) in [7, 11) is -2.42. The van der Waals surface area contributed by atoms with Gasteiger partial charge in [-0.1, -0.05) is 0 Å². The summed E-state index contributed by atoms with van der Waals surface area (Å²) in [6.45, 7) is 0. The molecule has 0 bridgehead atoms. The zero-order valence-electron chi connectivity index (χ0n) is 10.8. The SMILES string of the molecule is O=C(O)C(=O)F.O=C(O)C(=O)F.O=C(O)C(=O)F.[Li+].[O-]B(O)O. The number of aliphatic carboxylic acids is 3. The Hall–Kier alpha value is -2.25. The average Bonchev–Trinajstić information content (AvgIpc) is 2.29. The predicted octanol–water partition coefficient (Wildman–Crippen LogP) is -6.98. The molecule has 0 aromatic heterocycles. The summed E-state index contributed by atoms with van der Waals surface area (Å²) in [5.74, 6) is -6.14. The third-order valence-electron chi connectivity index (χ3n) is 0.504. The van der Waals surface area contributed by atoms with Crippen LogP contribution in [0.2, 0.25) is 0 Å². The molecule has 0 saturated carbocycles. The molecule has 0 heterocycles. The second-order valence-corrected chi connectivity index (χ2v) is 2.06. The van der Waals surface area contributed by atoms with Crippen molar-refractivity contribution in [2.24, 2.45) is 0 Å². The topological polar surface area (TPSA) is 227 Å². The monoisotopic (exact) mass is 344 g/mol. The van der Waals surface area contributed by atoms with Gasteiger partial charge >= 0.3 is 62.2 Å². The van der Waals surface area contributed by atoms with Gasteiger partial charge in [-0.2, -0.15) is 13.2 Å². The smallest absolute Gasteiger partial charge is 0.832 e. The summed E-state index contributed by atoms with van der Waals surface area (Å²) in [6, 6.07) is -6.97. The number of hydrogen-bond donors (Lipinski definition) is 5. The average molecular weight is 344 g/mol. The molecule has 126 valence electrons. The molecular weight excluding hydrogens is 339 g/mol. The van der Waals surface area contributed by atoms with E-state index in [1.807, 2.05) is 0 Å². The van der Waals surface area contributed by atoms with Gasteiger partial charge in [0.2, 0.25) is 0 Å². The van der Waals surface area contributed by atoms with Crippen LogP contribution in [0.1, 0.15) is 0 Å². The first kappa shape index (κ1) is 32.6. The van der Waals surface area contributed by atoms with E-state index in [2.05, 4.69) is 0 Å². The molecule has 0 aliphatic heterocycles. The van der Waals surface area contributed by atoms with Crippen LogP contribution in [-0.2, 0) is 28.8 Å². The van der Waals surface area contributed by atoms with Crippen molar-refractivity contribution in [2.45, 2.75) is 0 Å². The summed E-state index contributed by atoms with van der Waals surface area (Å²) >= 11 is 0. The van der Waals surface area contributed by atoms with Crippen LogP contribution >= 0.6 is 0 Å². The first-order valence-electron chi connectivity index (χ1n) is 3.96. The minimum atomic E-state index is -2.42. The van der Waals surface area contributed by atoms with Crippen LogP contribution in [0.4, 0.5) is 13.2 Å².